The van der Waals surface area contributed by atoms with Gasteiger partial charge in [-0.1, -0.05) is 29.3 Å². The Hall–Kier alpha value is -2.35. The van der Waals surface area contributed by atoms with Gasteiger partial charge in [0.05, 0.1) is 17.2 Å². The van der Waals surface area contributed by atoms with Gasteiger partial charge in [0.15, 0.2) is 12.8 Å². The van der Waals surface area contributed by atoms with Crippen molar-refractivity contribution in [1.29, 1.82) is 0 Å². The number of ether oxygens (including phenoxy) is 1. The van der Waals surface area contributed by atoms with Crippen molar-refractivity contribution in [2.45, 2.75) is 32.0 Å². The highest BCUT2D eigenvalue weighted by Crippen LogP contribution is 2.40. The van der Waals surface area contributed by atoms with Gasteiger partial charge in [-0.15, -0.1) is 0 Å². The Morgan fingerprint density at radius 3 is 2.38 bits per heavy atom. The quantitative estimate of drug-likeness (QED) is 0.248. The molecule has 0 saturated carbocycles. The molecule has 2 N–H and O–H groups in total. The van der Waals surface area contributed by atoms with Gasteiger partial charge in [0.1, 0.15) is 5.75 Å². The Bertz CT molecular complexity index is 1540. The molecule has 0 saturated heterocycles. The molecule has 2 aromatic carbocycles. The maximum absolute atomic E-state index is 11.2. The van der Waals surface area contributed by atoms with E-state index in [1.807, 2.05) is 11.0 Å². The monoisotopic (exact) mass is 591 g/mol. The van der Waals surface area contributed by atoms with Crippen molar-refractivity contribution in [1.82, 2.24) is 0 Å². The second kappa shape index (κ2) is 11.2. The maximum atomic E-state index is 11.2. The number of hydrogen-bond donors (Lipinski definition) is 2. The summed E-state index contributed by atoms with van der Waals surface area (Å²) in [7, 11) is -8.20. The number of oxazole rings is 1. The van der Waals surface area contributed by atoms with Gasteiger partial charge < -0.3 is 14.1 Å². The summed E-state index contributed by atoms with van der Waals surface area (Å²) < 4.78 is 76.7. The molecule has 3 aromatic rings. The summed E-state index contributed by atoms with van der Waals surface area (Å²) in [5.74, 6) is 0.274. The molecule has 37 heavy (non-hydrogen) atoms. The minimum atomic E-state index is -4.10. The second-order valence-corrected chi connectivity index (χ2v) is 12.5. The van der Waals surface area contributed by atoms with E-state index >= 15 is 0 Å². The Kier molecular flexibility index (Phi) is 8.36. The number of benzene rings is 2. The molecule has 0 spiro atoms. The van der Waals surface area contributed by atoms with Crippen molar-refractivity contribution >= 4 is 66.3 Å². The molecule has 1 aliphatic rings. The lowest BCUT2D eigenvalue weighted by atomic mass is 10.2. The predicted molar refractivity (Wildman–Crippen MR) is 140 cm³/mol. The number of nitrogens with zero attached hydrogens (tertiary/aromatic N) is 2. The van der Waals surface area contributed by atoms with E-state index in [2.05, 4.69) is 0 Å². The van der Waals surface area contributed by atoms with Gasteiger partial charge in [-0.05, 0) is 36.8 Å². The fraction of sp³-hybridized carbons (Fsp3) is 0.348. The summed E-state index contributed by atoms with van der Waals surface area (Å²) in [4.78, 5) is 1.88. The highest BCUT2D eigenvalue weighted by atomic mass is 35.5. The molecule has 0 radical (unpaired) electrons. The number of rotatable bonds is 11. The molecule has 0 fully saturated rings. The van der Waals surface area contributed by atoms with E-state index in [1.165, 1.54) is 0 Å². The van der Waals surface area contributed by atoms with E-state index in [0.717, 1.165) is 5.69 Å². The van der Waals surface area contributed by atoms with Crippen molar-refractivity contribution in [3.8, 4) is 5.75 Å². The maximum Gasteiger partial charge on any atom is 0.373 e. The van der Waals surface area contributed by atoms with Crippen LogP contribution < -0.4 is 14.2 Å². The van der Waals surface area contributed by atoms with E-state index in [1.54, 1.807) is 47.0 Å². The summed E-state index contributed by atoms with van der Waals surface area (Å²) in [5.41, 5.74) is 1.95. The molecule has 14 heteroatoms. The van der Waals surface area contributed by atoms with E-state index in [9.17, 15) is 16.8 Å². The first-order valence-corrected chi connectivity index (χ1v) is 15.3. The second-order valence-electron chi connectivity index (χ2n) is 8.50. The first-order chi connectivity index (χ1) is 17.4. The normalized spacial score (nSPS) is 16.0. The van der Waals surface area contributed by atoms with Gasteiger partial charge >= 0.3 is 5.89 Å². The molecule has 4 rings (SSSR count). The number of aromatic nitrogens is 1. The smallest absolute Gasteiger partial charge is 0.373 e. The topological polar surface area (TPSA) is 138 Å². The van der Waals surface area contributed by atoms with Crippen molar-refractivity contribution in [2.75, 3.05) is 23.0 Å². The molecule has 2 heterocycles. The van der Waals surface area contributed by atoms with Gasteiger partial charge in [-0.3, -0.25) is 9.11 Å². The molecule has 1 aliphatic heterocycles. The van der Waals surface area contributed by atoms with Crippen LogP contribution in [0.2, 0.25) is 10.0 Å². The average molecular weight is 592 g/mol. The minimum absolute atomic E-state index is 0.162. The first-order valence-electron chi connectivity index (χ1n) is 11.3. The van der Waals surface area contributed by atoms with Crippen molar-refractivity contribution in [3.63, 3.8) is 0 Å². The van der Waals surface area contributed by atoms with Crippen LogP contribution in [0, 0.1) is 0 Å². The lowest BCUT2D eigenvalue weighted by molar-refractivity contribution is -0.677. The zero-order chi connectivity index (χ0) is 26.8. The van der Waals surface area contributed by atoms with E-state index < -0.39 is 32.2 Å². The molecule has 1 atom stereocenters. The summed E-state index contributed by atoms with van der Waals surface area (Å²) >= 11 is 12.3. The van der Waals surface area contributed by atoms with E-state index in [0.29, 0.717) is 45.8 Å². The molecule has 200 valence electrons. The van der Waals surface area contributed by atoms with Crippen LogP contribution in [0.15, 0.2) is 46.9 Å². The minimum Gasteiger partial charge on any atom is -0.468 e. The molecule has 0 aliphatic carbocycles. The largest absolute Gasteiger partial charge is 0.468 e. The fourth-order valence-electron chi connectivity index (χ4n) is 4.16. The lowest BCUT2D eigenvalue weighted by Crippen LogP contribution is -2.36. The van der Waals surface area contributed by atoms with Crippen LogP contribution in [0.1, 0.15) is 25.2 Å². The van der Waals surface area contributed by atoms with Gasteiger partial charge in [0, 0.05) is 41.6 Å². The molecule has 1 aromatic heterocycles. The van der Waals surface area contributed by atoms with Gasteiger partial charge in [-0.2, -0.15) is 21.4 Å². The standard InChI is InChI=1S/C23H24Cl2N2O8S2/c24-16-6-8-20-18(14-16)26(10-2-12-36(28,29)30)22(34-20)4-1-5-23-27(11-3-13-37(31,32)33)19-15-17(25)7-9-21(19)35-23/h1,4,6-9,14-15,23H,2-3,5,10-13H2,(H-,28,29,30,31,32,33)/p+1. The number of aryl methyl sites for hydroxylation is 1. The number of halogens is 2. The van der Waals surface area contributed by atoms with Crippen LogP contribution >= 0.6 is 23.2 Å². The Labute approximate surface area is 224 Å². The van der Waals surface area contributed by atoms with Gasteiger partial charge in [0.2, 0.25) is 5.58 Å². The SMILES string of the molecule is O=S(=O)(O)CCCN1c2cc(Cl)ccc2OC1CC=Cc1oc2ccc(Cl)cc2[n+]1CCCS(=O)(=O)O. The third-order valence-electron chi connectivity index (χ3n) is 5.72. The van der Waals surface area contributed by atoms with Crippen LogP contribution in [0.3, 0.4) is 0 Å². The zero-order valence-corrected chi connectivity index (χ0v) is 22.6. The molecule has 1 unspecified atom stereocenters. The average Bonchev–Trinajstić information content (AvgIpc) is 3.30. The Balaban J connectivity index is 1.54. The molecule has 0 bridgehead atoms. The highest BCUT2D eigenvalue weighted by Gasteiger charge is 2.30. The van der Waals surface area contributed by atoms with Gasteiger partial charge in [-0.25, -0.2) is 0 Å². The summed E-state index contributed by atoms with van der Waals surface area (Å²) in [6.07, 6.45) is 3.84. The molecular weight excluding hydrogens is 567 g/mol. The molecular formula is C23H25Cl2N2O8S2+. The third-order valence-corrected chi connectivity index (χ3v) is 7.80. The zero-order valence-electron chi connectivity index (χ0n) is 19.5. The van der Waals surface area contributed by atoms with Crippen LogP contribution in [0.25, 0.3) is 17.2 Å². The lowest BCUT2D eigenvalue weighted by Gasteiger charge is -2.24. The number of hydrogen-bond acceptors (Lipinski definition) is 7. The number of anilines is 1. The summed E-state index contributed by atoms with van der Waals surface area (Å²) in [6.45, 7) is 0.572. The van der Waals surface area contributed by atoms with Crippen molar-refractivity contribution < 1.29 is 39.7 Å². The predicted octanol–water partition coefficient (Wildman–Crippen LogP) is 4.21. The summed E-state index contributed by atoms with van der Waals surface area (Å²) in [6, 6.07) is 10.3. The molecule has 0 amide bonds. The highest BCUT2D eigenvalue weighted by molar-refractivity contribution is 7.86. The Morgan fingerprint density at radius 1 is 0.973 bits per heavy atom. The molecule has 10 nitrogen and oxygen atoms in total. The third kappa shape index (κ3) is 7.37. The van der Waals surface area contributed by atoms with Crippen LogP contribution in [-0.4, -0.2) is 50.2 Å². The summed E-state index contributed by atoms with van der Waals surface area (Å²) in [5, 5.41) is 0.994. The number of fused-ring (bicyclic) bond motifs is 2. The first kappa shape index (κ1) is 27.7. The van der Waals surface area contributed by atoms with E-state index in [-0.39, 0.29) is 25.1 Å². The van der Waals surface area contributed by atoms with Crippen molar-refractivity contribution in [2.24, 2.45) is 0 Å². The van der Waals surface area contributed by atoms with Crippen LogP contribution in [0.4, 0.5) is 5.69 Å². The van der Waals surface area contributed by atoms with E-state index in [4.69, 9.17) is 41.5 Å². The van der Waals surface area contributed by atoms with Crippen molar-refractivity contribution in [3.05, 3.63) is 58.4 Å². The van der Waals surface area contributed by atoms with Gasteiger partial charge in [0.25, 0.3) is 25.8 Å². The van der Waals surface area contributed by atoms with Crippen LogP contribution in [0.5, 0.6) is 5.75 Å². The fourth-order valence-corrected chi connectivity index (χ4v) is 5.48. The van der Waals surface area contributed by atoms with Crippen LogP contribution in [-0.2, 0) is 26.8 Å². The Morgan fingerprint density at radius 2 is 1.65 bits per heavy atom.